The van der Waals surface area contributed by atoms with Gasteiger partial charge in [-0.15, -0.1) is 10.2 Å². The second-order valence-corrected chi connectivity index (χ2v) is 6.46. The molecule has 2 heterocycles. The average Bonchev–Trinajstić information content (AvgIpc) is 3.09. The number of nitrogens with zero attached hydrogens (tertiary/aromatic N) is 3. The standard InChI is InChI=1S/C19H23N3O3/c1-14-20-21-19(25-14)16-10-12-22(13-11-16)18(24)9-5-8-17(23)15-6-3-2-4-7-15/h2-4,6-7,16H,5,8-13H2,1H3. The van der Waals surface area contributed by atoms with Crippen molar-refractivity contribution in [1.29, 1.82) is 0 Å². The van der Waals surface area contributed by atoms with Crippen molar-refractivity contribution < 1.29 is 14.0 Å². The number of amides is 1. The second-order valence-electron chi connectivity index (χ2n) is 6.46. The summed E-state index contributed by atoms with van der Waals surface area (Å²) in [5, 5.41) is 7.95. The van der Waals surface area contributed by atoms with Gasteiger partial charge in [-0.25, -0.2) is 0 Å². The Morgan fingerprint density at radius 1 is 1.12 bits per heavy atom. The van der Waals surface area contributed by atoms with Gasteiger partial charge in [0.2, 0.25) is 17.7 Å². The lowest BCUT2D eigenvalue weighted by Gasteiger charge is -2.30. The van der Waals surface area contributed by atoms with E-state index >= 15 is 0 Å². The SMILES string of the molecule is Cc1nnc(C2CCN(C(=O)CCCC(=O)c3ccccc3)CC2)o1. The fourth-order valence-corrected chi connectivity index (χ4v) is 3.18. The number of aromatic nitrogens is 2. The minimum absolute atomic E-state index is 0.0962. The summed E-state index contributed by atoms with van der Waals surface area (Å²) >= 11 is 0. The molecule has 6 heteroatoms. The zero-order valence-electron chi connectivity index (χ0n) is 14.5. The van der Waals surface area contributed by atoms with Gasteiger partial charge in [0.25, 0.3) is 0 Å². The van der Waals surface area contributed by atoms with Gasteiger partial charge in [-0.3, -0.25) is 9.59 Å². The summed E-state index contributed by atoms with van der Waals surface area (Å²) in [6.07, 6.45) is 3.11. The summed E-state index contributed by atoms with van der Waals surface area (Å²) in [6.45, 7) is 3.20. The summed E-state index contributed by atoms with van der Waals surface area (Å²) in [5.74, 6) is 1.72. The summed E-state index contributed by atoms with van der Waals surface area (Å²) in [5.41, 5.74) is 0.714. The Labute approximate surface area is 147 Å². The van der Waals surface area contributed by atoms with Gasteiger partial charge in [0.1, 0.15) is 0 Å². The van der Waals surface area contributed by atoms with Crippen molar-refractivity contribution in [3.63, 3.8) is 0 Å². The van der Waals surface area contributed by atoms with E-state index in [0.29, 0.717) is 49.7 Å². The van der Waals surface area contributed by atoms with Crippen LogP contribution in [0.3, 0.4) is 0 Å². The molecule has 6 nitrogen and oxygen atoms in total. The number of hydrogen-bond donors (Lipinski definition) is 0. The molecule has 1 aliphatic heterocycles. The molecule has 1 amide bonds. The highest BCUT2D eigenvalue weighted by atomic mass is 16.4. The molecule has 0 unspecified atom stereocenters. The van der Waals surface area contributed by atoms with Crippen LogP contribution in [-0.4, -0.2) is 39.9 Å². The van der Waals surface area contributed by atoms with E-state index in [9.17, 15) is 9.59 Å². The Bertz CT molecular complexity index is 719. The first-order chi connectivity index (χ1) is 12.1. The first-order valence-corrected chi connectivity index (χ1v) is 8.79. The van der Waals surface area contributed by atoms with Gasteiger partial charge in [-0.05, 0) is 19.3 Å². The van der Waals surface area contributed by atoms with Crippen LogP contribution in [0.25, 0.3) is 0 Å². The average molecular weight is 341 g/mol. The monoisotopic (exact) mass is 341 g/mol. The molecule has 0 bridgehead atoms. The highest BCUT2D eigenvalue weighted by Crippen LogP contribution is 2.27. The van der Waals surface area contributed by atoms with Crippen LogP contribution in [0.4, 0.5) is 0 Å². The molecule has 0 aliphatic carbocycles. The number of benzene rings is 1. The van der Waals surface area contributed by atoms with Crippen molar-refractivity contribution in [3.05, 3.63) is 47.7 Å². The molecule has 2 aromatic rings. The third-order valence-electron chi connectivity index (χ3n) is 4.63. The van der Waals surface area contributed by atoms with Crippen LogP contribution in [0.1, 0.15) is 60.2 Å². The number of aryl methyl sites for hydroxylation is 1. The Balaban J connectivity index is 1.40. The first kappa shape index (κ1) is 17.3. The van der Waals surface area contributed by atoms with E-state index in [4.69, 9.17) is 4.42 Å². The molecule has 0 atom stereocenters. The number of carbonyl (C=O) groups excluding carboxylic acids is 2. The molecule has 1 aromatic heterocycles. The number of hydrogen-bond acceptors (Lipinski definition) is 5. The van der Waals surface area contributed by atoms with Crippen LogP contribution in [-0.2, 0) is 4.79 Å². The van der Waals surface area contributed by atoms with E-state index in [0.717, 1.165) is 12.8 Å². The maximum Gasteiger partial charge on any atom is 0.222 e. The zero-order valence-corrected chi connectivity index (χ0v) is 14.5. The Kier molecular flexibility index (Phi) is 5.58. The quantitative estimate of drug-likeness (QED) is 0.755. The lowest BCUT2D eigenvalue weighted by atomic mass is 9.96. The predicted octanol–water partition coefficient (Wildman–Crippen LogP) is 3.14. The fourth-order valence-electron chi connectivity index (χ4n) is 3.18. The van der Waals surface area contributed by atoms with Crippen LogP contribution >= 0.6 is 0 Å². The van der Waals surface area contributed by atoms with E-state index in [1.165, 1.54) is 0 Å². The van der Waals surface area contributed by atoms with Crippen molar-refractivity contribution in [2.75, 3.05) is 13.1 Å². The number of ketones is 1. The molecule has 0 N–H and O–H groups in total. The number of rotatable bonds is 6. The molecule has 132 valence electrons. The topological polar surface area (TPSA) is 76.3 Å². The maximum atomic E-state index is 12.3. The molecular formula is C19H23N3O3. The normalized spacial score (nSPS) is 15.3. The van der Waals surface area contributed by atoms with Crippen LogP contribution < -0.4 is 0 Å². The van der Waals surface area contributed by atoms with E-state index in [2.05, 4.69) is 10.2 Å². The smallest absolute Gasteiger partial charge is 0.222 e. The Morgan fingerprint density at radius 2 is 1.84 bits per heavy atom. The number of carbonyl (C=O) groups is 2. The van der Waals surface area contributed by atoms with Crippen LogP contribution in [0.5, 0.6) is 0 Å². The van der Waals surface area contributed by atoms with Gasteiger partial charge >= 0.3 is 0 Å². The van der Waals surface area contributed by atoms with Crippen LogP contribution in [0, 0.1) is 6.92 Å². The lowest BCUT2D eigenvalue weighted by molar-refractivity contribution is -0.132. The first-order valence-electron chi connectivity index (χ1n) is 8.79. The van der Waals surface area contributed by atoms with Crippen molar-refractivity contribution >= 4 is 11.7 Å². The molecule has 3 rings (SSSR count). The Hall–Kier alpha value is -2.50. The van der Waals surface area contributed by atoms with Crippen LogP contribution in [0.15, 0.2) is 34.7 Å². The molecule has 0 saturated carbocycles. The highest BCUT2D eigenvalue weighted by Gasteiger charge is 2.26. The zero-order chi connectivity index (χ0) is 17.6. The summed E-state index contributed by atoms with van der Waals surface area (Å²) in [7, 11) is 0. The molecule has 1 aromatic carbocycles. The van der Waals surface area contributed by atoms with Crippen molar-refractivity contribution in [1.82, 2.24) is 15.1 Å². The summed E-state index contributed by atoms with van der Waals surface area (Å²) < 4.78 is 5.49. The van der Waals surface area contributed by atoms with Gasteiger partial charge in [0, 0.05) is 44.3 Å². The third-order valence-corrected chi connectivity index (χ3v) is 4.63. The second kappa shape index (κ2) is 8.05. The van der Waals surface area contributed by atoms with Gasteiger partial charge < -0.3 is 9.32 Å². The van der Waals surface area contributed by atoms with Gasteiger partial charge in [-0.1, -0.05) is 30.3 Å². The summed E-state index contributed by atoms with van der Waals surface area (Å²) in [4.78, 5) is 26.3. The molecule has 1 saturated heterocycles. The largest absolute Gasteiger partial charge is 0.425 e. The molecule has 1 fully saturated rings. The van der Waals surface area contributed by atoms with Gasteiger partial charge in [-0.2, -0.15) is 0 Å². The number of Topliss-reactive ketones (excluding diaryl/α,β-unsaturated/α-hetero) is 1. The molecular weight excluding hydrogens is 318 g/mol. The van der Waals surface area contributed by atoms with Gasteiger partial charge in [0.05, 0.1) is 0 Å². The molecule has 0 radical (unpaired) electrons. The van der Waals surface area contributed by atoms with E-state index in [-0.39, 0.29) is 17.6 Å². The number of piperidine rings is 1. The third kappa shape index (κ3) is 4.53. The minimum atomic E-state index is 0.0962. The molecule has 25 heavy (non-hydrogen) atoms. The predicted molar refractivity (Wildman–Crippen MR) is 92.2 cm³/mol. The number of likely N-dealkylation sites (tertiary alicyclic amines) is 1. The van der Waals surface area contributed by atoms with E-state index in [1.807, 2.05) is 35.2 Å². The summed E-state index contributed by atoms with van der Waals surface area (Å²) in [6, 6.07) is 9.22. The van der Waals surface area contributed by atoms with Gasteiger partial charge in [0.15, 0.2) is 5.78 Å². The minimum Gasteiger partial charge on any atom is -0.425 e. The van der Waals surface area contributed by atoms with Crippen LogP contribution in [0.2, 0.25) is 0 Å². The molecule has 0 spiro atoms. The highest BCUT2D eigenvalue weighted by molar-refractivity contribution is 5.96. The van der Waals surface area contributed by atoms with Crippen molar-refractivity contribution in [2.24, 2.45) is 0 Å². The van der Waals surface area contributed by atoms with E-state index < -0.39 is 0 Å². The Morgan fingerprint density at radius 3 is 2.48 bits per heavy atom. The lowest BCUT2D eigenvalue weighted by Crippen LogP contribution is -2.37. The van der Waals surface area contributed by atoms with Crippen molar-refractivity contribution in [2.45, 2.75) is 44.9 Å². The maximum absolute atomic E-state index is 12.3. The van der Waals surface area contributed by atoms with E-state index in [1.54, 1.807) is 6.92 Å². The van der Waals surface area contributed by atoms with Crippen molar-refractivity contribution in [3.8, 4) is 0 Å². The fraction of sp³-hybridized carbons (Fsp3) is 0.474. The molecule has 1 aliphatic rings.